The monoisotopic (exact) mass is 380 g/mol. The maximum Gasteiger partial charge on any atom is 0.303 e. The van der Waals surface area contributed by atoms with Crippen molar-refractivity contribution in [2.45, 2.75) is 123 Å². The summed E-state index contributed by atoms with van der Waals surface area (Å²) in [6.07, 6.45) is 20.1. The van der Waals surface area contributed by atoms with Crippen molar-refractivity contribution in [2.24, 2.45) is 17.8 Å². The Hall–Kier alpha value is -0.860. The first kappa shape index (κ1) is 24.2. The van der Waals surface area contributed by atoms with Gasteiger partial charge in [0.1, 0.15) is 5.78 Å². The summed E-state index contributed by atoms with van der Waals surface area (Å²) in [7, 11) is 0. The molecule has 3 atom stereocenters. The fraction of sp³-hybridized carbons (Fsp3) is 0.917. The molecule has 27 heavy (non-hydrogen) atoms. The molecule has 158 valence electrons. The van der Waals surface area contributed by atoms with Crippen LogP contribution in [0.5, 0.6) is 0 Å². The Balaban J connectivity index is 0.000000271. The molecule has 2 saturated carbocycles. The highest BCUT2D eigenvalue weighted by Gasteiger charge is 2.28. The number of carboxylic acid groups (broad SMARTS) is 1. The maximum atomic E-state index is 11.3. The van der Waals surface area contributed by atoms with Crippen LogP contribution in [0.4, 0.5) is 0 Å². The number of carboxylic acids is 1. The zero-order valence-electron chi connectivity index (χ0n) is 18.0. The van der Waals surface area contributed by atoms with Gasteiger partial charge in [-0.05, 0) is 37.5 Å². The first-order valence-electron chi connectivity index (χ1n) is 11.8. The number of aliphatic carboxylic acids is 1. The Morgan fingerprint density at radius 2 is 1.48 bits per heavy atom. The van der Waals surface area contributed by atoms with Crippen molar-refractivity contribution >= 4 is 11.8 Å². The van der Waals surface area contributed by atoms with Crippen LogP contribution >= 0.6 is 0 Å². The summed E-state index contributed by atoms with van der Waals surface area (Å²) >= 11 is 0. The SMILES string of the molecule is CCCCCC1CCCC1CC(=O)O.CCCCCCCC1CCCC1=O. The van der Waals surface area contributed by atoms with Crippen LogP contribution in [0.15, 0.2) is 0 Å². The quantitative estimate of drug-likeness (QED) is 0.365. The van der Waals surface area contributed by atoms with Crippen LogP contribution < -0.4 is 0 Å². The summed E-state index contributed by atoms with van der Waals surface area (Å²) in [6.45, 7) is 4.45. The van der Waals surface area contributed by atoms with Crippen LogP contribution in [0, 0.1) is 17.8 Å². The molecule has 2 fully saturated rings. The summed E-state index contributed by atoms with van der Waals surface area (Å²) in [5.41, 5.74) is 0. The Morgan fingerprint density at radius 1 is 0.852 bits per heavy atom. The lowest BCUT2D eigenvalue weighted by Gasteiger charge is -2.17. The molecule has 3 unspecified atom stereocenters. The second kappa shape index (κ2) is 15.1. The van der Waals surface area contributed by atoms with Gasteiger partial charge >= 0.3 is 5.97 Å². The smallest absolute Gasteiger partial charge is 0.303 e. The molecule has 0 amide bonds. The lowest BCUT2D eigenvalue weighted by atomic mass is 9.88. The minimum atomic E-state index is -0.614. The van der Waals surface area contributed by atoms with Crippen molar-refractivity contribution in [3.63, 3.8) is 0 Å². The molecule has 0 heterocycles. The van der Waals surface area contributed by atoms with Crippen LogP contribution in [0.2, 0.25) is 0 Å². The van der Waals surface area contributed by atoms with Gasteiger partial charge in [-0.15, -0.1) is 0 Å². The van der Waals surface area contributed by atoms with Gasteiger partial charge < -0.3 is 5.11 Å². The van der Waals surface area contributed by atoms with E-state index in [1.165, 1.54) is 83.5 Å². The summed E-state index contributed by atoms with van der Waals surface area (Å²) in [5.74, 6) is 1.55. The summed E-state index contributed by atoms with van der Waals surface area (Å²) in [5, 5.41) is 8.76. The standard InChI is InChI=1S/C12H22O2.C12H22O/c1-2-3-4-6-10-7-5-8-11(10)9-12(13)14;1-2-3-4-5-6-8-11-9-7-10-12(11)13/h10-11H,2-9H2,1H3,(H,13,14);11H,2-10H2,1H3. The molecule has 2 aliphatic carbocycles. The number of ketones is 1. The van der Waals surface area contributed by atoms with Gasteiger partial charge in [-0.3, -0.25) is 9.59 Å². The minimum absolute atomic E-state index is 0.400. The Bertz CT molecular complexity index is 404. The molecule has 2 rings (SSSR count). The molecule has 0 radical (unpaired) electrons. The molecule has 0 bridgehead atoms. The molecule has 3 nitrogen and oxygen atoms in total. The van der Waals surface area contributed by atoms with Crippen LogP contribution in [-0.4, -0.2) is 16.9 Å². The van der Waals surface area contributed by atoms with Crippen LogP contribution in [0.1, 0.15) is 123 Å². The van der Waals surface area contributed by atoms with E-state index >= 15 is 0 Å². The van der Waals surface area contributed by atoms with Crippen molar-refractivity contribution < 1.29 is 14.7 Å². The molecule has 0 aliphatic heterocycles. The number of unbranched alkanes of at least 4 members (excludes halogenated alkanes) is 6. The summed E-state index contributed by atoms with van der Waals surface area (Å²) in [6, 6.07) is 0. The lowest BCUT2D eigenvalue weighted by molar-refractivity contribution is -0.138. The minimum Gasteiger partial charge on any atom is -0.481 e. The number of carbonyl (C=O) groups is 2. The summed E-state index contributed by atoms with van der Waals surface area (Å²) < 4.78 is 0. The molecule has 0 aromatic carbocycles. The van der Waals surface area contributed by atoms with Gasteiger partial charge in [0, 0.05) is 18.8 Å². The average Bonchev–Trinajstić information content (AvgIpc) is 3.24. The normalized spacial score (nSPS) is 24.7. The fourth-order valence-electron chi connectivity index (χ4n) is 4.83. The van der Waals surface area contributed by atoms with Gasteiger partial charge in [0.2, 0.25) is 0 Å². The van der Waals surface area contributed by atoms with E-state index in [4.69, 9.17) is 5.11 Å². The molecular formula is C24H44O3. The predicted molar refractivity (Wildman–Crippen MR) is 113 cm³/mol. The van der Waals surface area contributed by atoms with E-state index in [0.717, 1.165) is 19.3 Å². The van der Waals surface area contributed by atoms with E-state index in [2.05, 4.69) is 13.8 Å². The Kier molecular flexibility index (Phi) is 13.5. The number of carbonyl (C=O) groups excluding carboxylic acids is 1. The zero-order valence-corrected chi connectivity index (χ0v) is 18.0. The van der Waals surface area contributed by atoms with Gasteiger partial charge in [0.15, 0.2) is 0 Å². The number of rotatable bonds is 12. The molecule has 2 aliphatic rings. The number of hydrogen-bond donors (Lipinski definition) is 1. The highest BCUT2D eigenvalue weighted by molar-refractivity contribution is 5.82. The Labute approximate surface area is 167 Å². The van der Waals surface area contributed by atoms with Crippen LogP contribution in [0.3, 0.4) is 0 Å². The second-order valence-electron chi connectivity index (χ2n) is 8.80. The summed E-state index contributed by atoms with van der Waals surface area (Å²) in [4.78, 5) is 21.9. The third-order valence-corrected chi connectivity index (χ3v) is 6.52. The van der Waals surface area contributed by atoms with E-state index in [0.29, 0.717) is 30.0 Å². The largest absolute Gasteiger partial charge is 0.481 e. The predicted octanol–water partition coefficient (Wildman–Crippen LogP) is 7.17. The lowest BCUT2D eigenvalue weighted by Crippen LogP contribution is -2.12. The first-order chi connectivity index (χ1) is 13.1. The molecule has 3 heteroatoms. The van der Waals surface area contributed by atoms with Gasteiger partial charge in [-0.25, -0.2) is 0 Å². The molecule has 0 aromatic rings. The zero-order chi connectivity index (χ0) is 19.9. The molecule has 1 N–H and O–H groups in total. The van der Waals surface area contributed by atoms with Crippen LogP contribution in [-0.2, 0) is 9.59 Å². The van der Waals surface area contributed by atoms with Crippen molar-refractivity contribution in [1.82, 2.24) is 0 Å². The van der Waals surface area contributed by atoms with Crippen molar-refractivity contribution in [2.75, 3.05) is 0 Å². The molecule has 0 saturated heterocycles. The molecule has 0 aromatic heterocycles. The van der Waals surface area contributed by atoms with Crippen molar-refractivity contribution in [1.29, 1.82) is 0 Å². The maximum absolute atomic E-state index is 11.3. The van der Waals surface area contributed by atoms with Crippen molar-refractivity contribution in [3.05, 3.63) is 0 Å². The van der Waals surface area contributed by atoms with E-state index in [1.807, 2.05) is 0 Å². The highest BCUT2D eigenvalue weighted by Crippen LogP contribution is 2.37. The first-order valence-corrected chi connectivity index (χ1v) is 11.8. The topological polar surface area (TPSA) is 54.4 Å². The molecular weight excluding hydrogens is 336 g/mol. The number of Topliss-reactive ketones (excluding diaryl/α,β-unsaturated/α-hetero) is 1. The Morgan fingerprint density at radius 3 is 2.11 bits per heavy atom. The highest BCUT2D eigenvalue weighted by atomic mass is 16.4. The molecule has 0 spiro atoms. The van der Waals surface area contributed by atoms with E-state index in [9.17, 15) is 9.59 Å². The van der Waals surface area contributed by atoms with E-state index in [1.54, 1.807) is 0 Å². The third kappa shape index (κ3) is 10.9. The van der Waals surface area contributed by atoms with Crippen LogP contribution in [0.25, 0.3) is 0 Å². The number of hydrogen-bond acceptors (Lipinski definition) is 2. The van der Waals surface area contributed by atoms with Crippen molar-refractivity contribution in [3.8, 4) is 0 Å². The second-order valence-corrected chi connectivity index (χ2v) is 8.80. The van der Waals surface area contributed by atoms with Gasteiger partial charge in [-0.2, -0.15) is 0 Å². The third-order valence-electron chi connectivity index (χ3n) is 6.52. The van der Waals surface area contributed by atoms with Gasteiger partial charge in [-0.1, -0.05) is 84.5 Å². The van der Waals surface area contributed by atoms with Gasteiger partial charge in [0.25, 0.3) is 0 Å². The van der Waals surface area contributed by atoms with Gasteiger partial charge in [0.05, 0.1) is 0 Å². The van der Waals surface area contributed by atoms with E-state index in [-0.39, 0.29) is 0 Å². The van der Waals surface area contributed by atoms with E-state index < -0.39 is 5.97 Å². The average molecular weight is 381 g/mol. The fourth-order valence-corrected chi connectivity index (χ4v) is 4.83.